The number of likely N-dealkylation sites (tertiary alicyclic amines) is 1. The summed E-state index contributed by atoms with van der Waals surface area (Å²) in [5.41, 5.74) is 4.60. The maximum absolute atomic E-state index is 11.2. The summed E-state index contributed by atoms with van der Waals surface area (Å²) in [7, 11) is 0. The number of carbonyl (C=O) groups excluding carboxylic acids is 1. The fourth-order valence-corrected chi connectivity index (χ4v) is 4.47. The van der Waals surface area contributed by atoms with Crippen LogP contribution >= 0.6 is 0 Å². The van der Waals surface area contributed by atoms with Crippen molar-refractivity contribution in [3.05, 3.63) is 108 Å². The van der Waals surface area contributed by atoms with Crippen LogP contribution in [0.2, 0.25) is 0 Å². The van der Waals surface area contributed by atoms with Gasteiger partial charge in [0.25, 0.3) is 0 Å². The highest BCUT2D eigenvalue weighted by molar-refractivity contribution is 5.88. The Balaban J connectivity index is 1.42. The van der Waals surface area contributed by atoms with Crippen LogP contribution in [0, 0.1) is 0 Å². The minimum absolute atomic E-state index is 0.0121. The number of hydrogen-bond donors (Lipinski definition) is 1. The van der Waals surface area contributed by atoms with Gasteiger partial charge < -0.3 is 5.32 Å². The molecule has 0 aliphatic carbocycles. The Morgan fingerprint density at radius 1 is 0.969 bits per heavy atom. The van der Waals surface area contributed by atoms with E-state index in [9.17, 15) is 4.79 Å². The quantitative estimate of drug-likeness (QED) is 0.518. The number of benzene rings is 2. The topological polar surface area (TPSA) is 45.2 Å². The Morgan fingerprint density at radius 3 is 2.34 bits per heavy atom. The van der Waals surface area contributed by atoms with E-state index < -0.39 is 0 Å². The molecule has 4 rings (SSSR count). The van der Waals surface area contributed by atoms with E-state index >= 15 is 0 Å². The molecule has 0 spiro atoms. The zero-order valence-electron chi connectivity index (χ0n) is 18.7. The molecule has 2 heterocycles. The summed E-state index contributed by atoms with van der Waals surface area (Å²) in [5, 5.41) is 2.83. The predicted octanol–water partition coefficient (Wildman–Crippen LogP) is 5.37. The number of hydrogen-bond acceptors (Lipinski definition) is 3. The van der Waals surface area contributed by atoms with Crippen LogP contribution in [0.25, 0.3) is 0 Å². The Hall–Kier alpha value is -3.24. The predicted molar refractivity (Wildman–Crippen MR) is 130 cm³/mol. The zero-order chi connectivity index (χ0) is 22.2. The average molecular weight is 426 g/mol. The Labute approximate surface area is 191 Å². The molecule has 0 saturated carbocycles. The third-order valence-corrected chi connectivity index (χ3v) is 6.24. The van der Waals surface area contributed by atoms with E-state index in [-0.39, 0.29) is 11.3 Å². The largest absolute Gasteiger partial charge is 0.326 e. The minimum atomic E-state index is -0.0417. The molecule has 1 saturated heterocycles. The summed E-state index contributed by atoms with van der Waals surface area (Å²) in [5.74, 6) is -0.0417. The lowest BCUT2D eigenvalue weighted by Crippen LogP contribution is -2.41. The highest BCUT2D eigenvalue weighted by atomic mass is 16.1. The highest BCUT2D eigenvalue weighted by Gasteiger charge is 2.35. The second-order valence-corrected chi connectivity index (χ2v) is 8.62. The van der Waals surface area contributed by atoms with E-state index in [2.05, 4.69) is 77.0 Å². The fraction of sp³-hybridized carbons (Fsp3) is 0.286. The van der Waals surface area contributed by atoms with Gasteiger partial charge in [0.2, 0.25) is 5.91 Å². The Morgan fingerprint density at radius 2 is 1.69 bits per heavy atom. The molecule has 1 aliphatic rings. The molecule has 1 N–H and O–H groups in total. The van der Waals surface area contributed by atoms with Crippen LogP contribution < -0.4 is 5.32 Å². The molecule has 0 unspecified atom stereocenters. The van der Waals surface area contributed by atoms with E-state index in [1.54, 1.807) is 0 Å². The van der Waals surface area contributed by atoms with Gasteiger partial charge in [-0.05, 0) is 67.7 Å². The molecule has 4 nitrogen and oxygen atoms in total. The molecular formula is C28H31N3O. The van der Waals surface area contributed by atoms with E-state index in [1.807, 2.05) is 24.4 Å². The summed E-state index contributed by atoms with van der Waals surface area (Å²) in [6.07, 6.45) is 9.69. The number of carbonyl (C=O) groups is 1. The second kappa shape index (κ2) is 10.4. The number of piperidine rings is 1. The van der Waals surface area contributed by atoms with E-state index in [0.717, 1.165) is 44.6 Å². The summed E-state index contributed by atoms with van der Waals surface area (Å²) in [4.78, 5) is 18.5. The first-order valence-electron chi connectivity index (χ1n) is 11.3. The molecule has 1 fully saturated rings. The van der Waals surface area contributed by atoms with Gasteiger partial charge in [-0.2, -0.15) is 0 Å². The third kappa shape index (κ3) is 5.71. The van der Waals surface area contributed by atoms with Crippen molar-refractivity contribution in [2.24, 2.45) is 0 Å². The average Bonchev–Trinajstić information content (AvgIpc) is 2.82. The highest BCUT2D eigenvalue weighted by Crippen LogP contribution is 2.36. The number of rotatable bonds is 7. The number of amides is 1. The monoisotopic (exact) mass is 425 g/mol. The summed E-state index contributed by atoms with van der Waals surface area (Å²) in [6.45, 7) is 4.51. The number of pyridine rings is 1. The van der Waals surface area contributed by atoms with Crippen LogP contribution in [-0.4, -0.2) is 28.9 Å². The van der Waals surface area contributed by atoms with E-state index in [1.165, 1.54) is 23.7 Å². The van der Waals surface area contributed by atoms with Crippen LogP contribution in [0.15, 0.2) is 91.1 Å². The molecule has 0 radical (unpaired) electrons. The Kier molecular flexibility index (Phi) is 7.13. The molecule has 32 heavy (non-hydrogen) atoms. The van der Waals surface area contributed by atoms with Crippen LogP contribution in [0.1, 0.15) is 36.6 Å². The van der Waals surface area contributed by atoms with Crippen molar-refractivity contribution >= 4 is 11.6 Å². The Bertz CT molecular complexity index is 1020. The van der Waals surface area contributed by atoms with Crippen molar-refractivity contribution in [3.63, 3.8) is 0 Å². The van der Waals surface area contributed by atoms with E-state index in [0.29, 0.717) is 0 Å². The fourth-order valence-electron chi connectivity index (χ4n) is 4.47. The van der Waals surface area contributed by atoms with Gasteiger partial charge in [-0.25, -0.2) is 0 Å². The summed E-state index contributed by atoms with van der Waals surface area (Å²) in [6, 6.07) is 25.0. The number of nitrogens with one attached hydrogen (secondary N) is 1. The van der Waals surface area contributed by atoms with Crippen LogP contribution in [0.5, 0.6) is 0 Å². The van der Waals surface area contributed by atoms with E-state index in [4.69, 9.17) is 4.98 Å². The minimum Gasteiger partial charge on any atom is -0.326 e. The van der Waals surface area contributed by atoms with Crippen LogP contribution in [-0.2, 0) is 23.2 Å². The first-order valence-corrected chi connectivity index (χ1v) is 11.3. The van der Waals surface area contributed by atoms with Crippen molar-refractivity contribution in [2.45, 2.75) is 38.1 Å². The molecule has 0 bridgehead atoms. The van der Waals surface area contributed by atoms with Gasteiger partial charge in [-0.1, -0.05) is 60.7 Å². The summed E-state index contributed by atoms with van der Waals surface area (Å²) >= 11 is 0. The number of nitrogens with zero attached hydrogens (tertiary/aromatic N) is 2. The molecule has 1 aliphatic heterocycles. The lowest BCUT2D eigenvalue weighted by atomic mass is 9.74. The smallest absolute Gasteiger partial charge is 0.221 e. The molecule has 1 amide bonds. The van der Waals surface area contributed by atoms with Gasteiger partial charge in [0.15, 0.2) is 0 Å². The number of anilines is 1. The maximum atomic E-state index is 11.2. The normalized spacial score (nSPS) is 16.2. The van der Waals surface area contributed by atoms with Gasteiger partial charge in [-0.3, -0.25) is 14.7 Å². The molecule has 4 heteroatoms. The first-order chi connectivity index (χ1) is 15.6. The number of aromatic nitrogens is 1. The van der Waals surface area contributed by atoms with Crippen molar-refractivity contribution in [2.75, 3.05) is 18.4 Å². The molecule has 3 aromatic rings. The number of allylic oxidation sites excluding steroid dienone is 2. The first kappa shape index (κ1) is 22.0. The lowest BCUT2D eigenvalue weighted by Gasteiger charge is -2.40. The zero-order valence-corrected chi connectivity index (χ0v) is 18.7. The second-order valence-electron chi connectivity index (χ2n) is 8.62. The van der Waals surface area contributed by atoms with Crippen molar-refractivity contribution in [1.82, 2.24) is 9.88 Å². The van der Waals surface area contributed by atoms with Crippen LogP contribution in [0.3, 0.4) is 0 Å². The van der Waals surface area contributed by atoms with Gasteiger partial charge in [0, 0.05) is 30.8 Å². The van der Waals surface area contributed by atoms with Gasteiger partial charge >= 0.3 is 0 Å². The molecule has 2 aromatic carbocycles. The van der Waals surface area contributed by atoms with Gasteiger partial charge in [0.05, 0.1) is 5.69 Å². The maximum Gasteiger partial charge on any atom is 0.221 e. The van der Waals surface area contributed by atoms with Gasteiger partial charge in [-0.15, -0.1) is 0 Å². The van der Waals surface area contributed by atoms with Gasteiger partial charge in [0.1, 0.15) is 0 Å². The molecule has 0 atom stereocenters. The molecular weight excluding hydrogens is 394 g/mol. The molecule has 1 aromatic heterocycles. The van der Waals surface area contributed by atoms with Crippen molar-refractivity contribution in [3.8, 4) is 0 Å². The SMILES string of the molecule is CC(=O)Nc1ccc(CN2CCC(C=CCc3ccccc3)(c3ccccn3)CC2)cc1. The third-order valence-electron chi connectivity index (χ3n) is 6.24. The summed E-state index contributed by atoms with van der Waals surface area (Å²) < 4.78 is 0. The lowest BCUT2D eigenvalue weighted by molar-refractivity contribution is -0.114. The molecule has 164 valence electrons. The standard InChI is InChI=1S/C28H31N3O/c1-23(32)30-26-14-12-25(13-15-26)22-31-20-17-28(18-21-31,27-11-5-6-19-29-27)16-7-10-24-8-3-2-4-9-24/h2-9,11-16,19H,10,17-18,20-22H2,1H3,(H,30,32). The van der Waals surface area contributed by atoms with Crippen LogP contribution in [0.4, 0.5) is 5.69 Å². The van der Waals surface area contributed by atoms with Crippen molar-refractivity contribution < 1.29 is 4.79 Å². The van der Waals surface area contributed by atoms with Crippen molar-refractivity contribution in [1.29, 1.82) is 0 Å².